The fourth-order valence-electron chi connectivity index (χ4n) is 0.504. The van der Waals surface area contributed by atoms with E-state index in [9.17, 15) is 0 Å². The summed E-state index contributed by atoms with van der Waals surface area (Å²) in [5, 5.41) is 0.718. The second-order valence-corrected chi connectivity index (χ2v) is 3.31. The highest BCUT2D eigenvalue weighted by Gasteiger charge is 2.34. The molecule has 8 heavy (non-hydrogen) atoms. The second-order valence-electron chi connectivity index (χ2n) is 1.83. The topological polar surface area (TPSA) is 9.23 Å². The Bertz CT molecular complexity index is 92.5. The number of hydrogen-bond acceptors (Lipinski definition) is 2. The van der Waals surface area contributed by atoms with Gasteiger partial charge in [-0.15, -0.1) is 18.3 Å². The van der Waals surface area contributed by atoms with E-state index < -0.39 is 0 Å². The van der Waals surface area contributed by atoms with Crippen molar-refractivity contribution in [1.82, 2.24) is 0 Å². The summed E-state index contributed by atoms with van der Waals surface area (Å²) in [6.07, 6.45) is 1.78. The van der Waals surface area contributed by atoms with E-state index in [0.29, 0.717) is 12.0 Å². The number of thioether (sulfide) groups is 1. The zero-order chi connectivity index (χ0) is 5.98. The first-order chi connectivity index (χ1) is 3.84. The first-order valence-corrected chi connectivity index (χ1v) is 3.67. The molecule has 0 spiro atoms. The maximum atomic E-state index is 5.26. The molecule has 0 saturated carbocycles. The van der Waals surface area contributed by atoms with Crippen LogP contribution in [0.4, 0.5) is 0 Å². The van der Waals surface area contributed by atoms with E-state index in [0.717, 1.165) is 5.25 Å². The van der Waals surface area contributed by atoms with E-state index in [-0.39, 0.29) is 0 Å². The smallest absolute Gasteiger partial charge is 0.115 e. The molecule has 1 rings (SSSR count). The number of ether oxygens (including phenoxy) is 1. The molecule has 1 saturated heterocycles. The lowest BCUT2D eigenvalue weighted by molar-refractivity contribution is 0.162. The third-order valence-electron chi connectivity index (χ3n) is 1.03. The molecule has 1 aliphatic heterocycles. The van der Waals surface area contributed by atoms with Crippen molar-refractivity contribution in [3.05, 3.63) is 12.7 Å². The van der Waals surface area contributed by atoms with E-state index >= 15 is 0 Å². The summed E-state index contributed by atoms with van der Waals surface area (Å²) in [7, 11) is 0. The monoisotopic (exact) mass is 130 g/mol. The zero-order valence-electron chi connectivity index (χ0n) is 4.96. The largest absolute Gasteiger partial charge is 0.362 e. The molecule has 1 aliphatic rings. The molecule has 2 atom stereocenters. The van der Waals surface area contributed by atoms with Crippen molar-refractivity contribution < 1.29 is 4.74 Å². The minimum absolute atomic E-state index is 0.466. The summed E-state index contributed by atoms with van der Waals surface area (Å²) < 4.78 is 5.26. The summed E-state index contributed by atoms with van der Waals surface area (Å²) in [5.41, 5.74) is 0.466. The highest BCUT2D eigenvalue weighted by Crippen LogP contribution is 2.41. The average molecular weight is 130 g/mol. The highest BCUT2D eigenvalue weighted by molar-refractivity contribution is 8.07. The van der Waals surface area contributed by atoms with Gasteiger partial charge in [-0.3, -0.25) is 0 Å². The van der Waals surface area contributed by atoms with Gasteiger partial charge in [0.2, 0.25) is 0 Å². The minimum Gasteiger partial charge on any atom is -0.362 e. The molecule has 0 radical (unpaired) electrons. The van der Waals surface area contributed by atoms with Crippen molar-refractivity contribution >= 4 is 11.8 Å². The van der Waals surface area contributed by atoms with Gasteiger partial charge >= 0.3 is 0 Å². The SMILES string of the molecule is C=CCOC1SC1C. The Morgan fingerprint density at radius 1 is 1.88 bits per heavy atom. The molecule has 0 aromatic rings. The van der Waals surface area contributed by atoms with E-state index in [1.165, 1.54) is 0 Å². The summed E-state index contributed by atoms with van der Waals surface area (Å²) in [4.78, 5) is 0. The Morgan fingerprint density at radius 3 is 2.88 bits per heavy atom. The van der Waals surface area contributed by atoms with Crippen LogP contribution in [0.1, 0.15) is 6.92 Å². The third kappa shape index (κ3) is 1.53. The molecule has 1 heterocycles. The van der Waals surface area contributed by atoms with Crippen LogP contribution < -0.4 is 0 Å². The van der Waals surface area contributed by atoms with Crippen molar-refractivity contribution in [3.8, 4) is 0 Å². The molecule has 0 amide bonds. The number of hydrogen-bond donors (Lipinski definition) is 0. The van der Waals surface area contributed by atoms with Gasteiger partial charge in [-0.1, -0.05) is 6.08 Å². The van der Waals surface area contributed by atoms with Crippen LogP contribution >= 0.6 is 11.8 Å². The van der Waals surface area contributed by atoms with Gasteiger partial charge in [-0.2, -0.15) is 0 Å². The summed E-state index contributed by atoms with van der Waals surface area (Å²) in [5.74, 6) is 0. The van der Waals surface area contributed by atoms with Crippen molar-refractivity contribution in [3.63, 3.8) is 0 Å². The van der Waals surface area contributed by atoms with Gasteiger partial charge in [0.05, 0.1) is 6.61 Å². The van der Waals surface area contributed by atoms with Crippen LogP contribution in [0.25, 0.3) is 0 Å². The Kier molecular flexibility index (Phi) is 1.97. The maximum Gasteiger partial charge on any atom is 0.115 e. The zero-order valence-corrected chi connectivity index (χ0v) is 5.78. The lowest BCUT2D eigenvalue weighted by atomic mass is 10.5. The van der Waals surface area contributed by atoms with Gasteiger partial charge in [0.1, 0.15) is 5.44 Å². The summed E-state index contributed by atoms with van der Waals surface area (Å²) in [6, 6.07) is 0. The minimum atomic E-state index is 0.466. The van der Waals surface area contributed by atoms with Crippen molar-refractivity contribution in [1.29, 1.82) is 0 Å². The Morgan fingerprint density at radius 2 is 2.50 bits per heavy atom. The molecule has 2 unspecified atom stereocenters. The van der Waals surface area contributed by atoms with Crippen molar-refractivity contribution in [2.24, 2.45) is 0 Å². The van der Waals surface area contributed by atoms with Gasteiger partial charge < -0.3 is 4.74 Å². The van der Waals surface area contributed by atoms with Gasteiger partial charge in [0.15, 0.2) is 0 Å². The molecule has 0 aromatic carbocycles. The molecule has 1 nitrogen and oxygen atoms in total. The Hall–Kier alpha value is 0.0500. The van der Waals surface area contributed by atoms with E-state index in [1.54, 1.807) is 6.08 Å². The highest BCUT2D eigenvalue weighted by atomic mass is 32.2. The third-order valence-corrected chi connectivity index (χ3v) is 2.21. The summed E-state index contributed by atoms with van der Waals surface area (Å²) in [6.45, 7) is 6.41. The van der Waals surface area contributed by atoms with Crippen LogP contribution in [0.2, 0.25) is 0 Å². The van der Waals surface area contributed by atoms with Crippen LogP contribution in [-0.4, -0.2) is 17.3 Å². The molecule has 1 fully saturated rings. The molecule has 0 aliphatic carbocycles. The van der Waals surface area contributed by atoms with Crippen molar-refractivity contribution in [2.75, 3.05) is 6.61 Å². The van der Waals surface area contributed by atoms with Crippen LogP contribution in [0.5, 0.6) is 0 Å². The lowest BCUT2D eigenvalue weighted by Gasteiger charge is -1.91. The average Bonchev–Trinajstić information content (AvgIpc) is 2.42. The quantitative estimate of drug-likeness (QED) is 0.424. The predicted octanol–water partition coefficient (Wildman–Crippen LogP) is 1.65. The van der Waals surface area contributed by atoms with E-state index in [2.05, 4.69) is 13.5 Å². The van der Waals surface area contributed by atoms with Gasteiger partial charge in [-0.25, -0.2) is 0 Å². The molecule has 46 valence electrons. The Labute approximate surface area is 54.1 Å². The standard InChI is InChI=1S/C6H10OS/c1-3-4-7-6-5(2)8-6/h3,5-6H,1,4H2,2H3. The Balaban J connectivity index is 1.97. The first-order valence-electron chi connectivity index (χ1n) is 2.72. The molecule has 0 N–H and O–H groups in total. The number of rotatable bonds is 3. The van der Waals surface area contributed by atoms with Gasteiger partial charge in [0.25, 0.3) is 0 Å². The molecule has 2 heteroatoms. The van der Waals surface area contributed by atoms with Crippen LogP contribution in [-0.2, 0) is 4.74 Å². The summed E-state index contributed by atoms with van der Waals surface area (Å²) >= 11 is 1.86. The van der Waals surface area contributed by atoms with Gasteiger partial charge in [-0.05, 0) is 6.92 Å². The normalized spacial score (nSPS) is 34.6. The van der Waals surface area contributed by atoms with Crippen molar-refractivity contribution in [2.45, 2.75) is 17.6 Å². The molecular formula is C6H10OS. The predicted molar refractivity (Wildman–Crippen MR) is 37.0 cm³/mol. The van der Waals surface area contributed by atoms with Gasteiger partial charge in [0, 0.05) is 5.25 Å². The van der Waals surface area contributed by atoms with Crippen LogP contribution in [0.3, 0.4) is 0 Å². The molecule has 0 bridgehead atoms. The fraction of sp³-hybridized carbons (Fsp3) is 0.667. The molecule has 0 aromatic heterocycles. The second kappa shape index (κ2) is 2.55. The van der Waals surface area contributed by atoms with E-state index in [4.69, 9.17) is 4.74 Å². The van der Waals surface area contributed by atoms with Crippen LogP contribution in [0, 0.1) is 0 Å². The van der Waals surface area contributed by atoms with E-state index in [1.807, 2.05) is 11.8 Å². The lowest BCUT2D eigenvalue weighted by Crippen LogP contribution is -1.95. The fourth-order valence-corrected chi connectivity index (χ4v) is 1.07. The maximum absolute atomic E-state index is 5.26. The molecular weight excluding hydrogens is 120 g/mol. The first kappa shape index (κ1) is 6.17. The van der Waals surface area contributed by atoms with Crippen LogP contribution in [0.15, 0.2) is 12.7 Å².